The van der Waals surface area contributed by atoms with Gasteiger partial charge >= 0.3 is 5.97 Å². The minimum atomic E-state index is -0.0259. The maximum absolute atomic E-state index is 12.6. The molecule has 0 bridgehead atoms. The Morgan fingerprint density at radius 2 is 1.89 bits per heavy atom. The maximum Gasteiger partial charge on any atom is 0.309 e. The fourth-order valence-electron chi connectivity index (χ4n) is 4.37. The molecule has 0 N–H and O–H groups in total. The third-order valence-corrected chi connectivity index (χ3v) is 5.72. The highest BCUT2D eigenvalue weighted by Crippen LogP contribution is 2.34. The van der Waals surface area contributed by atoms with Crippen molar-refractivity contribution in [3.63, 3.8) is 0 Å². The van der Waals surface area contributed by atoms with E-state index in [1.165, 1.54) is 27.7 Å². The van der Waals surface area contributed by atoms with Crippen LogP contribution in [-0.2, 0) is 35.3 Å². The fourth-order valence-corrected chi connectivity index (χ4v) is 4.37. The van der Waals surface area contributed by atoms with Crippen LogP contribution < -0.4 is 0 Å². The summed E-state index contributed by atoms with van der Waals surface area (Å²) in [4.78, 5) is 12.6. The molecule has 3 nitrogen and oxygen atoms in total. The van der Waals surface area contributed by atoms with E-state index in [1.807, 2.05) is 18.2 Å². The van der Waals surface area contributed by atoms with Gasteiger partial charge in [-0.15, -0.1) is 0 Å². The molecular formula is C24H27NO2. The molecule has 0 saturated heterocycles. The van der Waals surface area contributed by atoms with E-state index in [-0.39, 0.29) is 11.9 Å². The van der Waals surface area contributed by atoms with Crippen molar-refractivity contribution in [2.24, 2.45) is 5.92 Å². The molecule has 0 spiro atoms. The van der Waals surface area contributed by atoms with E-state index in [4.69, 9.17) is 4.74 Å². The predicted octanol–water partition coefficient (Wildman–Crippen LogP) is 4.94. The Morgan fingerprint density at radius 1 is 1.11 bits per heavy atom. The number of benzene rings is 2. The molecule has 0 amide bonds. The highest BCUT2D eigenvalue weighted by molar-refractivity contribution is 5.87. The molecule has 27 heavy (non-hydrogen) atoms. The van der Waals surface area contributed by atoms with Gasteiger partial charge in [0.1, 0.15) is 0 Å². The van der Waals surface area contributed by atoms with Crippen LogP contribution in [0.25, 0.3) is 10.9 Å². The molecule has 0 aliphatic heterocycles. The summed E-state index contributed by atoms with van der Waals surface area (Å²) in [6.45, 7) is 3.68. The van der Waals surface area contributed by atoms with Crippen LogP contribution in [0.5, 0.6) is 0 Å². The van der Waals surface area contributed by atoms with Gasteiger partial charge in [0.2, 0.25) is 0 Å². The van der Waals surface area contributed by atoms with E-state index in [0.29, 0.717) is 6.61 Å². The first kappa shape index (κ1) is 17.8. The Balaban J connectivity index is 1.38. The number of hydrogen-bond acceptors (Lipinski definition) is 2. The second-order valence-corrected chi connectivity index (χ2v) is 7.38. The van der Waals surface area contributed by atoms with Crippen LogP contribution in [0.4, 0.5) is 0 Å². The first-order valence-corrected chi connectivity index (χ1v) is 10.1. The number of carbonyl (C=O) groups is 1. The summed E-state index contributed by atoms with van der Waals surface area (Å²) in [5.74, 6) is -0.0348. The van der Waals surface area contributed by atoms with Crippen LogP contribution in [0, 0.1) is 5.92 Å². The number of hydrogen-bond donors (Lipinski definition) is 0. The lowest BCUT2D eigenvalue weighted by Crippen LogP contribution is -2.25. The maximum atomic E-state index is 12.6. The van der Waals surface area contributed by atoms with Gasteiger partial charge in [0.15, 0.2) is 0 Å². The summed E-state index contributed by atoms with van der Waals surface area (Å²) in [5, 5.41) is 1.30. The number of aryl methyl sites for hydroxylation is 2. The summed E-state index contributed by atoms with van der Waals surface area (Å²) in [6, 6.07) is 18.9. The van der Waals surface area contributed by atoms with Gasteiger partial charge < -0.3 is 9.30 Å². The van der Waals surface area contributed by atoms with E-state index < -0.39 is 0 Å². The van der Waals surface area contributed by atoms with Crippen LogP contribution in [0.2, 0.25) is 0 Å². The van der Waals surface area contributed by atoms with E-state index >= 15 is 0 Å². The number of nitrogens with zero attached hydrogens (tertiary/aromatic N) is 1. The van der Waals surface area contributed by atoms with Gasteiger partial charge in [0.25, 0.3) is 0 Å². The number of ether oxygens (including phenoxy) is 1. The van der Waals surface area contributed by atoms with Crippen molar-refractivity contribution in [1.29, 1.82) is 0 Å². The first-order chi connectivity index (χ1) is 13.3. The molecule has 0 fully saturated rings. The molecular weight excluding hydrogens is 334 g/mol. The Hall–Kier alpha value is -2.55. The minimum absolute atomic E-state index is 0.00895. The molecule has 140 valence electrons. The third-order valence-electron chi connectivity index (χ3n) is 5.72. The largest absolute Gasteiger partial charge is 0.465 e. The van der Waals surface area contributed by atoms with Crippen molar-refractivity contribution < 1.29 is 9.53 Å². The number of fused-ring (bicyclic) bond motifs is 3. The quantitative estimate of drug-likeness (QED) is 0.460. The molecule has 4 rings (SSSR count). The molecule has 1 atom stereocenters. The average molecular weight is 361 g/mol. The zero-order valence-electron chi connectivity index (χ0n) is 16.0. The van der Waals surface area contributed by atoms with Crippen LogP contribution in [0.3, 0.4) is 0 Å². The van der Waals surface area contributed by atoms with Crippen LogP contribution in [-0.4, -0.2) is 17.1 Å². The lowest BCUT2D eigenvalue weighted by Gasteiger charge is -2.22. The van der Waals surface area contributed by atoms with Crippen LogP contribution in [0.1, 0.15) is 36.6 Å². The Kier molecular flexibility index (Phi) is 5.28. The monoisotopic (exact) mass is 361 g/mol. The lowest BCUT2D eigenvalue weighted by atomic mass is 9.86. The number of aromatic nitrogens is 1. The summed E-state index contributed by atoms with van der Waals surface area (Å²) in [6.07, 6.45) is 4.48. The Labute approximate surface area is 161 Å². The molecule has 0 saturated carbocycles. The Morgan fingerprint density at radius 3 is 2.70 bits per heavy atom. The van der Waals surface area contributed by atoms with Gasteiger partial charge in [-0.2, -0.15) is 0 Å². The van der Waals surface area contributed by atoms with E-state index in [1.54, 1.807) is 0 Å². The first-order valence-electron chi connectivity index (χ1n) is 10.1. The Bertz CT molecular complexity index is 926. The van der Waals surface area contributed by atoms with Crippen molar-refractivity contribution in [3.05, 3.63) is 71.4 Å². The van der Waals surface area contributed by atoms with E-state index in [9.17, 15) is 4.79 Å². The summed E-state index contributed by atoms with van der Waals surface area (Å²) < 4.78 is 8.03. The van der Waals surface area contributed by atoms with Gasteiger partial charge in [-0.1, -0.05) is 48.5 Å². The minimum Gasteiger partial charge on any atom is -0.465 e. The van der Waals surface area contributed by atoms with E-state index in [2.05, 4.69) is 47.9 Å². The van der Waals surface area contributed by atoms with Gasteiger partial charge in [0.05, 0.1) is 12.5 Å². The molecule has 3 heteroatoms. The van der Waals surface area contributed by atoms with Gasteiger partial charge in [0, 0.05) is 23.1 Å². The summed E-state index contributed by atoms with van der Waals surface area (Å²) in [5.41, 5.74) is 5.35. The van der Waals surface area contributed by atoms with Crippen molar-refractivity contribution in [3.8, 4) is 0 Å². The SMILES string of the molecule is CCn1c2c(c3ccccc31)CC(C(=O)OCCCc1ccccc1)CC2. The van der Waals surface area contributed by atoms with Gasteiger partial charge in [-0.05, 0) is 56.2 Å². The molecule has 3 aromatic rings. The second-order valence-electron chi connectivity index (χ2n) is 7.38. The van der Waals surface area contributed by atoms with Gasteiger partial charge in [-0.25, -0.2) is 0 Å². The summed E-state index contributed by atoms with van der Waals surface area (Å²) >= 11 is 0. The summed E-state index contributed by atoms with van der Waals surface area (Å²) in [7, 11) is 0. The zero-order chi connectivity index (χ0) is 18.6. The van der Waals surface area contributed by atoms with Crippen LogP contribution >= 0.6 is 0 Å². The molecule has 1 aromatic heterocycles. The van der Waals surface area contributed by atoms with E-state index in [0.717, 1.165) is 38.6 Å². The van der Waals surface area contributed by atoms with Crippen molar-refractivity contribution >= 4 is 16.9 Å². The molecule has 0 radical (unpaired) electrons. The van der Waals surface area contributed by atoms with Crippen molar-refractivity contribution in [1.82, 2.24) is 4.57 Å². The second kappa shape index (κ2) is 7.99. The number of rotatable bonds is 6. The standard InChI is InChI=1S/C24H27NO2/c1-2-25-22-13-7-6-12-20(22)21-17-19(14-15-23(21)25)24(26)27-16-8-11-18-9-4-3-5-10-18/h3-7,9-10,12-13,19H,2,8,11,14-17H2,1H3. The third kappa shape index (κ3) is 3.64. The van der Waals surface area contributed by atoms with Gasteiger partial charge in [-0.3, -0.25) is 4.79 Å². The highest BCUT2D eigenvalue weighted by atomic mass is 16.5. The van der Waals surface area contributed by atoms with Crippen molar-refractivity contribution in [2.45, 2.75) is 45.6 Å². The molecule has 2 aromatic carbocycles. The van der Waals surface area contributed by atoms with Crippen molar-refractivity contribution in [2.75, 3.05) is 6.61 Å². The number of para-hydroxylation sites is 1. The molecule has 1 heterocycles. The number of esters is 1. The zero-order valence-corrected chi connectivity index (χ0v) is 16.0. The number of carbonyl (C=O) groups excluding carboxylic acids is 1. The molecule has 1 aliphatic carbocycles. The van der Waals surface area contributed by atoms with Crippen LogP contribution in [0.15, 0.2) is 54.6 Å². The topological polar surface area (TPSA) is 31.2 Å². The molecule has 1 unspecified atom stereocenters. The highest BCUT2D eigenvalue weighted by Gasteiger charge is 2.29. The lowest BCUT2D eigenvalue weighted by molar-refractivity contribution is -0.149. The molecule has 1 aliphatic rings. The predicted molar refractivity (Wildman–Crippen MR) is 109 cm³/mol. The smallest absolute Gasteiger partial charge is 0.309 e. The fraction of sp³-hybridized carbons (Fsp3) is 0.375. The normalized spacial score (nSPS) is 16.3. The average Bonchev–Trinajstić information content (AvgIpc) is 3.05.